The van der Waals surface area contributed by atoms with Crippen molar-refractivity contribution in [3.8, 4) is 5.75 Å². The van der Waals surface area contributed by atoms with Gasteiger partial charge < -0.3 is 10.1 Å². The fraction of sp³-hybridized carbons (Fsp3) is 0.133. The lowest BCUT2D eigenvalue weighted by Crippen LogP contribution is -2.13. The summed E-state index contributed by atoms with van der Waals surface area (Å²) in [6.45, 7) is 0. The lowest BCUT2D eigenvalue weighted by Gasteiger charge is -2.11. The van der Waals surface area contributed by atoms with Crippen molar-refractivity contribution in [3.63, 3.8) is 0 Å². The van der Waals surface area contributed by atoms with Gasteiger partial charge >= 0.3 is 6.18 Å². The number of ether oxygens (including phenoxy) is 1. The van der Waals surface area contributed by atoms with Crippen LogP contribution < -0.4 is 10.1 Å². The number of benzene rings is 2. The van der Waals surface area contributed by atoms with Crippen LogP contribution in [0.15, 0.2) is 40.9 Å². The number of rotatable bonds is 3. The number of hydrogen-bond acceptors (Lipinski definition) is 2. The number of nitrogens with one attached hydrogen (secondary N) is 1. The maximum Gasteiger partial charge on any atom is 0.416 e. The third kappa shape index (κ3) is 4.17. The first kappa shape index (κ1) is 17.6. The second kappa shape index (κ2) is 6.80. The van der Waals surface area contributed by atoms with Gasteiger partial charge in [0.25, 0.3) is 5.91 Å². The standard InChI is InChI=1S/C15H10BrClF3NO2/c1-23-13-5-2-8(6-10(13)16)14(22)21-12-4-3-9(7-11(12)17)15(18,19)20/h2-7H,1H3,(H,21,22). The Balaban J connectivity index is 2.22. The minimum absolute atomic E-state index is 0.0941. The second-order valence-corrected chi connectivity index (χ2v) is 5.76. The van der Waals surface area contributed by atoms with Gasteiger partial charge in [0.15, 0.2) is 0 Å². The highest BCUT2D eigenvalue weighted by molar-refractivity contribution is 9.10. The van der Waals surface area contributed by atoms with Gasteiger partial charge in [-0.15, -0.1) is 0 Å². The molecule has 2 rings (SSSR count). The van der Waals surface area contributed by atoms with Gasteiger partial charge in [-0.1, -0.05) is 11.6 Å². The average molecular weight is 409 g/mol. The van der Waals surface area contributed by atoms with Crippen LogP contribution in [0, 0.1) is 0 Å². The van der Waals surface area contributed by atoms with E-state index in [0.717, 1.165) is 18.2 Å². The molecule has 0 spiro atoms. The van der Waals surface area contributed by atoms with Crippen molar-refractivity contribution in [3.05, 3.63) is 57.0 Å². The molecule has 2 aromatic carbocycles. The van der Waals surface area contributed by atoms with Crippen molar-refractivity contribution in [1.29, 1.82) is 0 Å². The minimum Gasteiger partial charge on any atom is -0.496 e. The van der Waals surface area contributed by atoms with E-state index < -0.39 is 17.6 Å². The molecular formula is C15H10BrClF3NO2. The molecule has 0 fully saturated rings. The fourth-order valence-electron chi connectivity index (χ4n) is 1.79. The Bertz CT molecular complexity index is 750. The van der Waals surface area contributed by atoms with Gasteiger partial charge in [-0.2, -0.15) is 13.2 Å². The molecule has 0 aliphatic heterocycles. The second-order valence-electron chi connectivity index (χ2n) is 4.50. The first-order chi connectivity index (χ1) is 10.7. The average Bonchev–Trinajstić information content (AvgIpc) is 2.48. The molecule has 1 N–H and O–H groups in total. The van der Waals surface area contributed by atoms with Gasteiger partial charge in [0, 0.05) is 5.56 Å². The predicted octanol–water partition coefficient (Wildman–Crippen LogP) is 5.38. The van der Waals surface area contributed by atoms with E-state index in [2.05, 4.69) is 21.2 Å². The SMILES string of the molecule is COc1ccc(C(=O)Nc2ccc(C(F)(F)F)cc2Cl)cc1Br. The summed E-state index contributed by atoms with van der Waals surface area (Å²) >= 11 is 9.05. The van der Waals surface area contributed by atoms with Crippen LogP contribution >= 0.6 is 27.5 Å². The number of carbonyl (C=O) groups is 1. The smallest absolute Gasteiger partial charge is 0.416 e. The summed E-state index contributed by atoms with van der Waals surface area (Å²) in [5, 5.41) is 2.28. The van der Waals surface area contributed by atoms with Crippen molar-refractivity contribution >= 4 is 39.1 Å². The van der Waals surface area contributed by atoms with Crippen molar-refractivity contribution in [2.24, 2.45) is 0 Å². The zero-order chi connectivity index (χ0) is 17.2. The van der Waals surface area contributed by atoms with E-state index in [0.29, 0.717) is 15.8 Å². The molecule has 0 atom stereocenters. The van der Waals surface area contributed by atoms with E-state index in [1.165, 1.54) is 19.2 Å². The predicted molar refractivity (Wildman–Crippen MR) is 85.1 cm³/mol. The molecule has 8 heteroatoms. The highest BCUT2D eigenvalue weighted by atomic mass is 79.9. The lowest BCUT2D eigenvalue weighted by atomic mass is 10.1. The molecule has 122 valence electrons. The number of hydrogen-bond donors (Lipinski definition) is 1. The Labute approximate surface area is 143 Å². The first-order valence-corrected chi connectivity index (χ1v) is 7.41. The molecule has 3 nitrogen and oxygen atoms in total. The molecule has 23 heavy (non-hydrogen) atoms. The summed E-state index contributed by atoms with van der Waals surface area (Å²) in [6, 6.07) is 7.38. The third-order valence-corrected chi connectivity index (χ3v) is 3.89. The number of alkyl halides is 3. The van der Waals surface area contributed by atoms with E-state index >= 15 is 0 Å². The Hall–Kier alpha value is -1.73. The van der Waals surface area contributed by atoms with Crippen LogP contribution in [0.1, 0.15) is 15.9 Å². The van der Waals surface area contributed by atoms with Crippen LogP contribution in [0.4, 0.5) is 18.9 Å². The molecule has 2 aromatic rings. The number of carbonyl (C=O) groups excluding carboxylic acids is 1. The van der Waals surface area contributed by atoms with Crippen molar-refractivity contribution in [2.75, 3.05) is 12.4 Å². The van der Waals surface area contributed by atoms with Gasteiger partial charge in [0.2, 0.25) is 0 Å². The molecule has 0 saturated carbocycles. The Morgan fingerprint density at radius 1 is 1.22 bits per heavy atom. The molecule has 0 radical (unpaired) electrons. The Kier molecular flexibility index (Phi) is 5.21. The molecule has 0 aromatic heterocycles. The number of anilines is 1. The maximum atomic E-state index is 12.6. The maximum absolute atomic E-state index is 12.6. The van der Waals surface area contributed by atoms with Crippen molar-refractivity contribution in [1.82, 2.24) is 0 Å². The Morgan fingerprint density at radius 2 is 1.91 bits per heavy atom. The largest absolute Gasteiger partial charge is 0.496 e. The molecule has 0 aliphatic carbocycles. The van der Waals surface area contributed by atoms with Gasteiger partial charge in [-0.25, -0.2) is 0 Å². The molecular weight excluding hydrogens is 399 g/mol. The van der Waals surface area contributed by atoms with Gasteiger partial charge in [0.1, 0.15) is 5.75 Å². The highest BCUT2D eigenvalue weighted by Crippen LogP contribution is 2.34. The van der Waals surface area contributed by atoms with E-state index in [1.54, 1.807) is 6.07 Å². The van der Waals surface area contributed by atoms with Gasteiger partial charge in [-0.3, -0.25) is 4.79 Å². The summed E-state index contributed by atoms with van der Waals surface area (Å²) < 4.78 is 43.4. The van der Waals surface area contributed by atoms with E-state index in [1.807, 2.05) is 0 Å². The van der Waals surface area contributed by atoms with Gasteiger partial charge in [0.05, 0.1) is 27.9 Å². The first-order valence-electron chi connectivity index (χ1n) is 6.24. The zero-order valence-corrected chi connectivity index (χ0v) is 14.0. The van der Waals surface area contributed by atoms with E-state index in [4.69, 9.17) is 16.3 Å². The quantitative estimate of drug-likeness (QED) is 0.740. The summed E-state index contributed by atoms with van der Waals surface area (Å²) in [7, 11) is 1.49. The molecule has 0 heterocycles. The van der Waals surface area contributed by atoms with Gasteiger partial charge in [-0.05, 0) is 52.3 Å². The summed E-state index contributed by atoms with van der Waals surface area (Å²) in [6.07, 6.45) is -4.49. The molecule has 0 aliphatic rings. The van der Waals surface area contributed by atoms with Crippen LogP contribution in [-0.4, -0.2) is 13.0 Å². The number of methoxy groups -OCH3 is 1. The van der Waals surface area contributed by atoms with Crippen molar-refractivity contribution in [2.45, 2.75) is 6.18 Å². The third-order valence-electron chi connectivity index (χ3n) is 2.96. The van der Waals surface area contributed by atoms with Crippen LogP contribution in [0.5, 0.6) is 5.75 Å². The van der Waals surface area contributed by atoms with E-state index in [-0.39, 0.29) is 10.7 Å². The zero-order valence-electron chi connectivity index (χ0n) is 11.7. The normalized spacial score (nSPS) is 11.2. The summed E-state index contributed by atoms with van der Waals surface area (Å²) in [5.74, 6) is 0.0455. The van der Waals surface area contributed by atoms with Crippen molar-refractivity contribution < 1.29 is 22.7 Å². The molecule has 1 amide bonds. The lowest BCUT2D eigenvalue weighted by molar-refractivity contribution is -0.137. The molecule has 0 bridgehead atoms. The van der Waals surface area contributed by atoms with Crippen LogP contribution in [0.2, 0.25) is 5.02 Å². The fourth-order valence-corrected chi connectivity index (χ4v) is 2.56. The van der Waals surface area contributed by atoms with Crippen LogP contribution in [-0.2, 0) is 6.18 Å². The number of halogens is 5. The van der Waals surface area contributed by atoms with Crippen LogP contribution in [0.3, 0.4) is 0 Å². The monoisotopic (exact) mass is 407 g/mol. The topological polar surface area (TPSA) is 38.3 Å². The molecule has 0 unspecified atom stereocenters. The van der Waals surface area contributed by atoms with Crippen LogP contribution in [0.25, 0.3) is 0 Å². The Morgan fingerprint density at radius 3 is 2.43 bits per heavy atom. The highest BCUT2D eigenvalue weighted by Gasteiger charge is 2.31. The summed E-state index contributed by atoms with van der Waals surface area (Å²) in [4.78, 5) is 12.1. The van der Waals surface area contributed by atoms with E-state index in [9.17, 15) is 18.0 Å². The molecule has 0 saturated heterocycles. The number of amides is 1. The minimum atomic E-state index is -4.49. The summed E-state index contributed by atoms with van der Waals surface area (Å²) in [5.41, 5.74) is -0.488.